The summed E-state index contributed by atoms with van der Waals surface area (Å²) in [7, 11) is 1.72. The highest BCUT2D eigenvalue weighted by Gasteiger charge is 2.29. The summed E-state index contributed by atoms with van der Waals surface area (Å²) in [5.74, 6) is 2.17. The van der Waals surface area contributed by atoms with Crippen molar-refractivity contribution in [3.8, 4) is 5.75 Å². The van der Waals surface area contributed by atoms with Gasteiger partial charge in [0.1, 0.15) is 5.75 Å². The van der Waals surface area contributed by atoms with Crippen LogP contribution in [0.5, 0.6) is 5.75 Å². The van der Waals surface area contributed by atoms with Crippen molar-refractivity contribution in [3.05, 3.63) is 57.3 Å². The number of methoxy groups -OCH3 is 1. The van der Waals surface area contributed by atoms with Crippen LogP contribution in [0.2, 0.25) is 10.0 Å². The van der Waals surface area contributed by atoms with Crippen LogP contribution in [-0.2, 0) is 6.42 Å². The van der Waals surface area contributed by atoms with Gasteiger partial charge in [-0.15, -0.1) is 0 Å². The number of hydrogen-bond donors (Lipinski definition) is 0. The molecule has 1 aliphatic heterocycles. The normalized spacial score (nSPS) is 19.7. The Bertz CT molecular complexity index is 839. The highest BCUT2D eigenvalue weighted by Crippen LogP contribution is 2.40. The Labute approximate surface area is 170 Å². The molecule has 0 spiro atoms. The van der Waals surface area contributed by atoms with Crippen LogP contribution in [0.1, 0.15) is 54.7 Å². The molecule has 0 bridgehead atoms. The molecule has 1 saturated carbocycles. The molecule has 142 valence electrons. The Morgan fingerprint density at radius 1 is 1.11 bits per heavy atom. The third-order valence-corrected chi connectivity index (χ3v) is 6.55. The molecule has 1 aromatic heterocycles. The molecule has 2 aromatic rings. The molecular weight excluding hydrogens is 379 g/mol. The van der Waals surface area contributed by atoms with Crippen molar-refractivity contribution in [1.29, 1.82) is 0 Å². The van der Waals surface area contributed by atoms with Crippen LogP contribution in [-0.4, -0.2) is 24.4 Å². The summed E-state index contributed by atoms with van der Waals surface area (Å²) in [6, 6.07) is 6.35. The Morgan fingerprint density at radius 2 is 1.85 bits per heavy atom. The third kappa shape index (κ3) is 3.86. The van der Waals surface area contributed by atoms with E-state index in [0.717, 1.165) is 35.1 Å². The first-order valence-electron chi connectivity index (χ1n) is 9.65. The van der Waals surface area contributed by atoms with Crippen LogP contribution in [0.25, 0.3) is 0 Å². The summed E-state index contributed by atoms with van der Waals surface area (Å²) in [5, 5.41) is 1.16. The van der Waals surface area contributed by atoms with Crippen LogP contribution in [0.3, 0.4) is 0 Å². The summed E-state index contributed by atoms with van der Waals surface area (Å²) in [6.07, 6.45) is 10.5. The zero-order valence-electron chi connectivity index (χ0n) is 15.5. The fourth-order valence-corrected chi connectivity index (χ4v) is 5.03. The molecule has 1 fully saturated rings. The van der Waals surface area contributed by atoms with Gasteiger partial charge in [0.15, 0.2) is 0 Å². The molecular formula is C22H24Cl2N2O. The minimum Gasteiger partial charge on any atom is -0.496 e. The molecule has 2 heterocycles. The monoisotopic (exact) mass is 402 g/mol. The zero-order chi connectivity index (χ0) is 18.8. The molecule has 1 aliphatic carbocycles. The van der Waals surface area contributed by atoms with E-state index in [1.165, 1.54) is 37.7 Å². The van der Waals surface area contributed by atoms with E-state index in [9.17, 15) is 0 Å². The lowest BCUT2D eigenvalue weighted by molar-refractivity contribution is 0.408. The van der Waals surface area contributed by atoms with E-state index in [2.05, 4.69) is 17.1 Å². The first-order valence-corrected chi connectivity index (χ1v) is 10.4. The minimum absolute atomic E-state index is 0.463. The molecule has 1 aromatic carbocycles. The number of pyridine rings is 1. The molecule has 1 atom stereocenters. The van der Waals surface area contributed by atoms with Gasteiger partial charge in [0, 0.05) is 36.8 Å². The molecule has 2 aliphatic rings. The van der Waals surface area contributed by atoms with E-state index in [-0.39, 0.29) is 0 Å². The predicted octanol–water partition coefficient (Wildman–Crippen LogP) is 6.11. The first-order chi connectivity index (χ1) is 13.2. The number of ether oxygens (including phenoxy) is 1. The van der Waals surface area contributed by atoms with Crippen molar-refractivity contribution in [2.45, 2.75) is 44.4 Å². The van der Waals surface area contributed by atoms with Gasteiger partial charge >= 0.3 is 0 Å². The van der Waals surface area contributed by atoms with Crippen LogP contribution < -0.4 is 4.74 Å². The van der Waals surface area contributed by atoms with Gasteiger partial charge in [0.05, 0.1) is 22.9 Å². The van der Waals surface area contributed by atoms with Crippen LogP contribution in [0, 0.1) is 5.92 Å². The van der Waals surface area contributed by atoms with Gasteiger partial charge in [-0.25, -0.2) is 0 Å². The number of rotatable bonds is 5. The fraction of sp³-hybridized carbons (Fsp3) is 0.455. The largest absolute Gasteiger partial charge is 0.496 e. The maximum atomic E-state index is 6.36. The van der Waals surface area contributed by atoms with Crippen molar-refractivity contribution in [2.75, 3.05) is 13.7 Å². The zero-order valence-corrected chi connectivity index (χ0v) is 17.1. The Kier molecular flexibility index (Phi) is 5.70. The van der Waals surface area contributed by atoms with E-state index in [1.807, 2.05) is 6.07 Å². The second-order valence-electron chi connectivity index (χ2n) is 7.55. The molecule has 0 radical (unpaired) electrons. The van der Waals surface area contributed by atoms with Gasteiger partial charge in [-0.05, 0) is 29.5 Å². The van der Waals surface area contributed by atoms with Crippen molar-refractivity contribution in [1.82, 2.24) is 4.98 Å². The second kappa shape index (κ2) is 8.20. The van der Waals surface area contributed by atoms with Crippen LogP contribution in [0.15, 0.2) is 35.6 Å². The summed E-state index contributed by atoms with van der Waals surface area (Å²) in [4.78, 5) is 9.04. The van der Waals surface area contributed by atoms with E-state index >= 15 is 0 Å². The molecule has 0 amide bonds. The van der Waals surface area contributed by atoms with Gasteiger partial charge in [-0.2, -0.15) is 0 Å². The van der Waals surface area contributed by atoms with Crippen LogP contribution >= 0.6 is 23.2 Å². The van der Waals surface area contributed by atoms with Crippen molar-refractivity contribution in [3.63, 3.8) is 0 Å². The van der Waals surface area contributed by atoms with Gasteiger partial charge in [0.2, 0.25) is 0 Å². The van der Waals surface area contributed by atoms with Gasteiger partial charge < -0.3 is 4.74 Å². The summed E-state index contributed by atoms with van der Waals surface area (Å²) >= 11 is 12.7. The predicted molar refractivity (Wildman–Crippen MR) is 112 cm³/mol. The Morgan fingerprint density at radius 3 is 2.56 bits per heavy atom. The van der Waals surface area contributed by atoms with Crippen LogP contribution in [0.4, 0.5) is 0 Å². The van der Waals surface area contributed by atoms with E-state index in [4.69, 9.17) is 32.9 Å². The number of aliphatic imine (C=N–C) groups is 1. The lowest BCUT2D eigenvalue weighted by Crippen LogP contribution is -2.22. The number of fused-ring (bicyclic) bond motifs is 1. The van der Waals surface area contributed by atoms with Crippen molar-refractivity contribution < 1.29 is 4.74 Å². The van der Waals surface area contributed by atoms with Crippen molar-refractivity contribution in [2.24, 2.45) is 10.9 Å². The third-order valence-electron chi connectivity index (χ3n) is 5.90. The average molecular weight is 403 g/mol. The second-order valence-corrected chi connectivity index (χ2v) is 8.37. The number of hydrogen-bond acceptors (Lipinski definition) is 3. The van der Waals surface area contributed by atoms with Gasteiger partial charge in [0.25, 0.3) is 0 Å². The molecule has 27 heavy (non-hydrogen) atoms. The lowest BCUT2D eigenvalue weighted by Gasteiger charge is -2.28. The number of halogens is 2. The lowest BCUT2D eigenvalue weighted by atomic mass is 9.81. The molecule has 0 N–H and O–H groups in total. The quantitative estimate of drug-likeness (QED) is 0.604. The van der Waals surface area contributed by atoms with E-state index < -0.39 is 0 Å². The molecule has 4 rings (SSSR count). The maximum Gasteiger partial charge on any atom is 0.128 e. The smallest absolute Gasteiger partial charge is 0.128 e. The highest BCUT2D eigenvalue weighted by molar-refractivity contribution is 6.36. The average Bonchev–Trinajstić information content (AvgIpc) is 3.19. The number of nitrogens with zero attached hydrogens (tertiary/aromatic N) is 2. The minimum atomic E-state index is 0.463. The molecule has 0 saturated heterocycles. The molecule has 5 heteroatoms. The fourth-order valence-electron chi connectivity index (χ4n) is 4.53. The van der Waals surface area contributed by atoms with E-state index in [0.29, 0.717) is 22.4 Å². The Balaban J connectivity index is 1.69. The highest BCUT2D eigenvalue weighted by atomic mass is 35.5. The SMILES string of the molecule is COc1cccc2c1C(Cc1c(Cl)cncc1Cl)=NCC2CC1CCCC1. The van der Waals surface area contributed by atoms with Gasteiger partial charge in [-0.1, -0.05) is 61.0 Å². The van der Waals surface area contributed by atoms with E-state index in [1.54, 1.807) is 19.5 Å². The topological polar surface area (TPSA) is 34.5 Å². The Hall–Kier alpha value is -1.58. The summed E-state index contributed by atoms with van der Waals surface area (Å²) in [5.41, 5.74) is 4.35. The number of aromatic nitrogens is 1. The van der Waals surface area contributed by atoms with Crippen molar-refractivity contribution >= 4 is 28.9 Å². The standard InChI is InChI=1S/C22H24Cl2N2O/c1-27-21-8-4-7-16-15(9-14-5-2-3-6-14)11-26-20(22(16)21)10-17-18(23)12-25-13-19(17)24/h4,7-8,12-15H,2-3,5-6,9-11H2,1H3. The maximum absolute atomic E-state index is 6.36. The molecule has 1 unspecified atom stereocenters. The summed E-state index contributed by atoms with van der Waals surface area (Å²) < 4.78 is 5.70. The number of benzene rings is 1. The molecule has 3 nitrogen and oxygen atoms in total. The summed E-state index contributed by atoms with van der Waals surface area (Å²) in [6.45, 7) is 0.826. The van der Waals surface area contributed by atoms with Gasteiger partial charge in [-0.3, -0.25) is 9.98 Å². The first kappa shape index (κ1) is 18.8.